The second kappa shape index (κ2) is 6.63. The minimum absolute atomic E-state index is 0.0800. The van der Waals surface area contributed by atoms with Crippen LogP contribution in [-0.2, 0) is 5.41 Å². The van der Waals surface area contributed by atoms with Gasteiger partial charge in [-0.25, -0.2) is 4.98 Å². The predicted octanol–water partition coefficient (Wildman–Crippen LogP) is 4.08. The van der Waals surface area contributed by atoms with E-state index in [9.17, 15) is 0 Å². The molecule has 0 radical (unpaired) electrons. The predicted molar refractivity (Wildman–Crippen MR) is 87.1 cm³/mol. The first-order valence-electron chi connectivity index (χ1n) is 8.17. The standard InChI is InChI=1S/C17H29N3O/c1-6-18-14-12(2)15(20-16(19-14)17(3,4)5)21-11-13-9-7-8-10-13/h13H,6-11H2,1-5H3,(H,18,19,20). The average molecular weight is 291 g/mol. The van der Waals surface area contributed by atoms with E-state index in [1.54, 1.807) is 0 Å². The van der Waals surface area contributed by atoms with Crippen LogP contribution in [0.5, 0.6) is 5.88 Å². The molecule has 0 aromatic carbocycles. The Balaban J connectivity index is 2.22. The molecule has 0 unspecified atom stereocenters. The first kappa shape index (κ1) is 16.1. The number of hydrogen-bond donors (Lipinski definition) is 1. The summed E-state index contributed by atoms with van der Waals surface area (Å²) in [5, 5.41) is 3.33. The van der Waals surface area contributed by atoms with Gasteiger partial charge in [0.1, 0.15) is 11.6 Å². The highest BCUT2D eigenvalue weighted by atomic mass is 16.5. The molecule has 0 amide bonds. The monoisotopic (exact) mass is 291 g/mol. The van der Waals surface area contributed by atoms with E-state index in [-0.39, 0.29) is 5.41 Å². The molecular formula is C17H29N3O. The zero-order chi connectivity index (χ0) is 15.5. The van der Waals surface area contributed by atoms with Gasteiger partial charge in [-0.3, -0.25) is 0 Å². The molecule has 21 heavy (non-hydrogen) atoms. The average Bonchev–Trinajstić information content (AvgIpc) is 2.91. The van der Waals surface area contributed by atoms with Crippen molar-refractivity contribution in [3.63, 3.8) is 0 Å². The van der Waals surface area contributed by atoms with Crippen molar-refractivity contribution in [3.8, 4) is 5.88 Å². The lowest BCUT2D eigenvalue weighted by molar-refractivity contribution is 0.240. The Hall–Kier alpha value is -1.32. The van der Waals surface area contributed by atoms with Gasteiger partial charge in [0.25, 0.3) is 0 Å². The highest BCUT2D eigenvalue weighted by Crippen LogP contribution is 2.30. The maximum atomic E-state index is 6.05. The fourth-order valence-corrected chi connectivity index (χ4v) is 2.69. The molecule has 0 atom stereocenters. The Labute approximate surface area is 128 Å². The van der Waals surface area contributed by atoms with E-state index >= 15 is 0 Å². The molecule has 0 saturated heterocycles. The SMILES string of the molecule is CCNc1nc(C(C)(C)C)nc(OCC2CCCC2)c1C. The first-order valence-corrected chi connectivity index (χ1v) is 8.17. The molecule has 1 heterocycles. The van der Waals surface area contributed by atoms with Crippen molar-refractivity contribution in [2.24, 2.45) is 5.92 Å². The topological polar surface area (TPSA) is 47.0 Å². The van der Waals surface area contributed by atoms with Gasteiger partial charge < -0.3 is 10.1 Å². The molecular weight excluding hydrogens is 262 g/mol. The van der Waals surface area contributed by atoms with Gasteiger partial charge >= 0.3 is 0 Å². The first-order chi connectivity index (χ1) is 9.91. The number of nitrogens with zero attached hydrogens (tertiary/aromatic N) is 2. The summed E-state index contributed by atoms with van der Waals surface area (Å²) in [6.07, 6.45) is 5.26. The van der Waals surface area contributed by atoms with E-state index in [2.05, 4.69) is 43.0 Å². The zero-order valence-corrected chi connectivity index (χ0v) is 14.1. The van der Waals surface area contributed by atoms with Crippen molar-refractivity contribution >= 4 is 5.82 Å². The Morgan fingerprint density at radius 3 is 2.43 bits per heavy atom. The van der Waals surface area contributed by atoms with E-state index in [0.717, 1.165) is 36.2 Å². The number of ether oxygens (including phenoxy) is 1. The van der Waals surface area contributed by atoms with Gasteiger partial charge in [0.15, 0.2) is 0 Å². The largest absolute Gasteiger partial charge is 0.477 e. The summed E-state index contributed by atoms with van der Waals surface area (Å²) in [6.45, 7) is 12.2. The molecule has 1 aliphatic rings. The lowest BCUT2D eigenvalue weighted by Gasteiger charge is -2.21. The molecule has 0 spiro atoms. The molecule has 4 nitrogen and oxygen atoms in total. The summed E-state index contributed by atoms with van der Waals surface area (Å²) in [4.78, 5) is 9.35. The van der Waals surface area contributed by atoms with Crippen LogP contribution in [0.2, 0.25) is 0 Å². The van der Waals surface area contributed by atoms with Gasteiger partial charge in [0.2, 0.25) is 5.88 Å². The van der Waals surface area contributed by atoms with E-state index in [0.29, 0.717) is 5.92 Å². The van der Waals surface area contributed by atoms with Gasteiger partial charge in [0.05, 0.1) is 12.2 Å². The van der Waals surface area contributed by atoms with Crippen LogP contribution in [0.15, 0.2) is 0 Å². The number of nitrogens with one attached hydrogen (secondary N) is 1. The van der Waals surface area contributed by atoms with Crippen molar-refractivity contribution in [2.75, 3.05) is 18.5 Å². The maximum Gasteiger partial charge on any atom is 0.221 e. The van der Waals surface area contributed by atoms with Crippen molar-refractivity contribution in [3.05, 3.63) is 11.4 Å². The van der Waals surface area contributed by atoms with Crippen molar-refractivity contribution in [1.29, 1.82) is 0 Å². The molecule has 0 aliphatic heterocycles. The fraction of sp³-hybridized carbons (Fsp3) is 0.765. The summed E-state index contributed by atoms with van der Waals surface area (Å²) >= 11 is 0. The molecule has 4 heteroatoms. The normalized spacial score (nSPS) is 16.2. The molecule has 1 fully saturated rings. The van der Waals surface area contributed by atoms with Crippen molar-refractivity contribution in [2.45, 2.75) is 65.7 Å². The lowest BCUT2D eigenvalue weighted by atomic mass is 9.95. The molecule has 118 valence electrons. The molecule has 2 rings (SSSR count). The summed E-state index contributed by atoms with van der Waals surface area (Å²) in [7, 11) is 0. The van der Waals surface area contributed by atoms with Gasteiger partial charge in [-0.05, 0) is 32.6 Å². The van der Waals surface area contributed by atoms with Gasteiger partial charge in [-0.1, -0.05) is 33.6 Å². The highest BCUT2D eigenvalue weighted by Gasteiger charge is 2.23. The number of anilines is 1. The van der Waals surface area contributed by atoms with Crippen LogP contribution in [0.1, 0.15) is 64.8 Å². The Bertz CT molecular complexity index is 474. The minimum Gasteiger partial charge on any atom is -0.477 e. The van der Waals surface area contributed by atoms with Crippen LogP contribution in [-0.4, -0.2) is 23.1 Å². The Kier molecular flexibility index (Phi) is 5.07. The van der Waals surface area contributed by atoms with Crippen molar-refractivity contribution in [1.82, 2.24) is 9.97 Å². The number of rotatable bonds is 5. The third-order valence-electron chi connectivity index (χ3n) is 4.05. The molecule has 1 aromatic rings. The van der Waals surface area contributed by atoms with Gasteiger partial charge in [-0.2, -0.15) is 4.98 Å². The van der Waals surface area contributed by atoms with Crippen LogP contribution in [0.25, 0.3) is 0 Å². The molecule has 1 aliphatic carbocycles. The van der Waals surface area contributed by atoms with E-state index in [1.165, 1.54) is 25.7 Å². The molecule has 1 N–H and O–H groups in total. The summed E-state index contributed by atoms with van der Waals surface area (Å²) < 4.78 is 6.05. The third-order valence-corrected chi connectivity index (χ3v) is 4.05. The maximum absolute atomic E-state index is 6.05. The van der Waals surface area contributed by atoms with Gasteiger partial charge in [0, 0.05) is 12.0 Å². The smallest absolute Gasteiger partial charge is 0.221 e. The molecule has 1 saturated carbocycles. The van der Waals surface area contributed by atoms with Crippen LogP contribution in [0, 0.1) is 12.8 Å². The van der Waals surface area contributed by atoms with Crippen LogP contribution >= 0.6 is 0 Å². The lowest BCUT2D eigenvalue weighted by Crippen LogP contribution is -2.20. The van der Waals surface area contributed by atoms with Crippen LogP contribution in [0.4, 0.5) is 5.82 Å². The summed E-state index contributed by atoms with van der Waals surface area (Å²) in [6, 6.07) is 0. The fourth-order valence-electron chi connectivity index (χ4n) is 2.69. The zero-order valence-electron chi connectivity index (χ0n) is 14.1. The molecule has 0 bridgehead atoms. The quantitative estimate of drug-likeness (QED) is 0.888. The summed E-state index contributed by atoms with van der Waals surface area (Å²) in [5.74, 6) is 3.18. The molecule has 1 aromatic heterocycles. The number of aromatic nitrogens is 2. The van der Waals surface area contributed by atoms with Gasteiger partial charge in [-0.15, -0.1) is 0 Å². The van der Waals surface area contributed by atoms with E-state index in [4.69, 9.17) is 4.74 Å². The van der Waals surface area contributed by atoms with E-state index in [1.807, 2.05) is 6.92 Å². The highest BCUT2D eigenvalue weighted by molar-refractivity contribution is 5.49. The second-order valence-electron chi connectivity index (χ2n) is 7.07. The Morgan fingerprint density at radius 1 is 1.19 bits per heavy atom. The third kappa shape index (κ3) is 4.08. The van der Waals surface area contributed by atoms with Crippen molar-refractivity contribution < 1.29 is 4.74 Å². The Morgan fingerprint density at radius 2 is 1.86 bits per heavy atom. The number of hydrogen-bond acceptors (Lipinski definition) is 4. The van der Waals surface area contributed by atoms with Crippen LogP contribution in [0.3, 0.4) is 0 Å². The second-order valence-corrected chi connectivity index (χ2v) is 7.07. The van der Waals surface area contributed by atoms with Crippen LogP contribution < -0.4 is 10.1 Å². The van der Waals surface area contributed by atoms with E-state index < -0.39 is 0 Å². The minimum atomic E-state index is -0.0800. The summed E-state index contributed by atoms with van der Waals surface area (Å²) in [5.41, 5.74) is 0.937.